The molecule has 0 spiro atoms. The normalized spacial score (nSPS) is 14.0. The standard InChI is InChI=1S/C20H32N4O3/c1-4-21-20(23-14-19(25)24-17-8-9-17)22-13-16-7-6-15(2)12-18(16)27-11-5-10-26-3/h6-7,12,17H,4-5,8-11,13-14H2,1-3H3,(H,24,25)(H2,21,22,23). The number of rotatable bonds is 11. The summed E-state index contributed by atoms with van der Waals surface area (Å²) in [5.41, 5.74) is 2.16. The second-order valence-corrected chi connectivity index (χ2v) is 6.70. The molecule has 1 aliphatic rings. The number of guanidine groups is 1. The van der Waals surface area contributed by atoms with E-state index < -0.39 is 0 Å². The van der Waals surface area contributed by atoms with Gasteiger partial charge < -0.3 is 25.4 Å². The molecule has 150 valence electrons. The zero-order valence-corrected chi connectivity index (χ0v) is 16.6. The quantitative estimate of drug-likeness (QED) is 0.311. The van der Waals surface area contributed by atoms with E-state index in [1.807, 2.05) is 26.0 Å². The smallest absolute Gasteiger partial charge is 0.239 e. The minimum atomic E-state index is 0.000560. The van der Waals surface area contributed by atoms with E-state index in [0.29, 0.717) is 31.8 Å². The molecule has 7 nitrogen and oxygen atoms in total. The van der Waals surface area contributed by atoms with Crippen molar-refractivity contribution in [1.29, 1.82) is 0 Å². The number of amides is 1. The van der Waals surface area contributed by atoms with Crippen LogP contribution >= 0.6 is 0 Å². The molecule has 0 aromatic heterocycles. The molecule has 27 heavy (non-hydrogen) atoms. The van der Waals surface area contributed by atoms with E-state index in [1.54, 1.807) is 7.11 Å². The summed E-state index contributed by atoms with van der Waals surface area (Å²) >= 11 is 0. The Hall–Kier alpha value is -2.28. The highest BCUT2D eigenvalue weighted by Gasteiger charge is 2.22. The average Bonchev–Trinajstić information content (AvgIpc) is 3.46. The summed E-state index contributed by atoms with van der Waals surface area (Å²) in [5.74, 6) is 1.46. The molecular formula is C20H32N4O3. The van der Waals surface area contributed by atoms with Gasteiger partial charge in [-0.1, -0.05) is 12.1 Å². The van der Waals surface area contributed by atoms with Crippen LogP contribution in [0.2, 0.25) is 0 Å². The summed E-state index contributed by atoms with van der Waals surface area (Å²) in [5, 5.41) is 9.21. The van der Waals surface area contributed by atoms with Crippen LogP contribution < -0.4 is 20.7 Å². The summed E-state index contributed by atoms with van der Waals surface area (Å²) in [7, 11) is 1.69. The number of carbonyl (C=O) groups excluding carboxylic acids is 1. The van der Waals surface area contributed by atoms with Crippen LogP contribution in [0.25, 0.3) is 0 Å². The van der Waals surface area contributed by atoms with Gasteiger partial charge in [-0.05, 0) is 38.3 Å². The average molecular weight is 377 g/mol. The SMILES string of the molecule is CCNC(=NCc1ccc(C)cc1OCCCOC)NCC(=O)NC1CC1. The first-order valence-electron chi connectivity index (χ1n) is 9.65. The molecule has 0 radical (unpaired) electrons. The summed E-state index contributed by atoms with van der Waals surface area (Å²) < 4.78 is 11.0. The van der Waals surface area contributed by atoms with Crippen LogP contribution in [0.3, 0.4) is 0 Å². The van der Waals surface area contributed by atoms with Crippen molar-refractivity contribution in [3.8, 4) is 5.75 Å². The number of aliphatic imine (C=N–C) groups is 1. The van der Waals surface area contributed by atoms with Gasteiger partial charge in [-0.25, -0.2) is 4.99 Å². The van der Waals surface area contributed by atoms with Crippen LogP contribution in [0.5, 0.6) is 5.75 Å². The number of hydrogen-bond acceptors (Lipinski definition) is 4. The third-order valence-electron chi connectivity index (χ3n) is 4.08. The highest BCUT2D eigenvalue weighted by Crippen LogP contribution is 2.21. The molecule has 1 amide bonds. The fourth-order valence-corrected chi connectivity index (χ4v) is 2.49. The van der Waals surface area contributed by atoms with E-state index in [1.165, 1.54) is 0 Å². The Morgan fingerprint density at radius 1 is 1.26 bits per heavy atom. The fraction of sp³-hybridized carbons (Fsp3) is 0.600. The van der Waals surface area contributed by atoms with Gasteiger partial charge in [-0.3, -0.25) is 4.79 Å². The van der Waals surface area contributed by atoms with E-state index in [9.17, 15) is 4.79 Å². The maximum atomic E-state index is 11.9. The molecule has 0 aliphatic heterocycles. The second kappa shape index (κ2) is 11.4. The molecule has 0 atom stereocenters. The Bertz CT molecular complexity index is 630. The van der Waals surface area contributed by atoms with E-state index >= 15 is 0 Å². The Morgan fingerprint density at radius 2 is 2.07 bits per heavy atom. The van der Waals surface area contributed by atoms with E-state index in [2.05, 4.69) is 27.0 Å². The Labute approximate surface area is 161 Å². The minimum absolute atomic E-state index is 0.000560. The molecule has 0 bridgehead atoms. The monoisotopic (exact) mass is 376 g/mol. The van der Waals surface area contributed by atoms with Crippen molar-refractivity contribution in [2.45, 2.75) is 45.7 Å². The van der Waals surface area contributed by atoms with Gasteiger partial charge in [0, 0.05) is 38.3 Å². The summed E-state index contributed by atoms with van der Waals surface area (Å²) in [6, 6.07) is 6.48. The number of hydrogen-bond donors (Lipinski definition) is 3. The van der Waals surface area contributed by atoms with Crippen LogP contribution in [0.15, 0.2) is 23.2 Å². The van der Waals surface area contributed by atoms with Crippen molar-refractivity contribution in [2.24, 2.45) is 4.99 Å². The lowest BCUT2D eigenvalue weighted by Crippen LogP contribution is -2.43. The summed E-state index contributed by atoms with van der Waals surface area (Å²) in [6.45, 7) is 6.74. The van der Waals surface area contributed by atoms with Crippen molar-refractivity contribution in [1.82, 2.24) is 16.0 Å². The highest BCUT2D eigenvalue weighted by atomic mass is 16.5. The largest absolute Gasteiger partial charge is 0.493 e. The van der Waals surface area contributed by atoms with Gasteiger partial charge in [0.15, 0.2) is 5.96 Å². The van der Waals surface area contributed by atoms with Crippen LogP contribution in [0.1, 0.15) is 37.3 Å². The van der Waals surface area contributed by atoms with Gasteiger partial charge in [0.1, 0.15) is 5.75 Å². The lowest BCUT2D eigenvalue weighted by Gasteiger charge is -2.13. The third-order valence-corrected chi connectivity index (χ3v) is 4.08. The number of methoxy groups -OCH3 is 1. The Balaban J connectivity index is 1.93. The van der Waals surface area contributed by atoms with Gasteiger partial charge in [-0.2, -0.15) is 0 Å². The van der Waals surface area contributed by atoms with Gasteiger partial charge in [0.05, 0.1) is 19.7 Å². The maximum absolute atomic E-state index is 11.9. The van der Waals surface area contributed by atoms with Crippen molar-refractivity contribution >= 4 is 11.9 Å². The maximum Gasteiger partial charge on any atom is 0.239 e. The summed E-state index contributed by atoms with van der Waals surface area (Å²) in [4.78, 5) is 16.4. The fourth-order valence-electron chi connectivity index (χ4n) is 2.49. The number of carbonyl (C=O) groups is 1. The first kappa shape index (κ1) is 21.0. The lowest BCUT2D eigenvalue weighted by molar-refractivity contribution is -0.120. The van der Waals surface area contributed by atoms with Gasteiger partial charge in [0.25, 0.3) is 0 Å². The number of aryl methyl sites for hydroxylation is 1. The Kier molecular flexibility index (Phi) is 8.91. The second-order valence-electron chi connectivity index (χ2n) is 6.70. The van der Waals surface area contributed by atoms with Crippen LogP contribution in [0.4, 0.5) is 0 Å². The van der Waals surface area contributed by atoms with Crippen LogP contribution in [-0.2, 0) is 16.1 Å². The highest BCUT2D eigenvalue weighted by molar-refractivity contribution is 5.86. The first-order chi connectivity index (χ1) is 13.1. The van der Waals surface area contributed by atoms with Gasteiger partial charge in [0.2, 0.25) is 5.91 Å². The molecule has 3 N–H and O–H groups in total. The van der Waals surface area contributed by atoms with Crippen molar-refractivity contribution < 1.29 is 14.3 Å². The molecule has 0 saturated heterocycles. The van der Waals surface area contributed by atoms with E-state index in [-0.39, 0.29) is 12.5 Å². The van der Waals surface area contributed by atoms with Crippen molar-refractivity contribution in [3.05, 3.63) is 29.3 Å². The number of ether oxygens (including phenoxy) is 2. The molecule has 0 unspecified atom stereocenters. The molecule has 1 saturated carbocycles. The molecule has 1 aliphatic carbocycles. The molecule has 1 aromatic carbocycles. The number of nitrogens with one attached hydrogen (secondary N) is 3. The molecular weight excluding hydrogens is 344 g/mol. The Morgan fingerprint density at radius 3 is 2.78 bits per heavy atom. The molecule has 1 fully saturated rings. The third kappa shape index (κ3) is 8.30. The van der Waals surface area contributed by atoms with Crippen molar-refractivity contribution in [3.63, 3.8) is 0 Å². The number of nitrogens with zero attached hydrogens (tertiary/aromatic N) is 1. The minimum Gasteiger partial charge on any atom is -0.493 e. The van der Waals surface area contributed by atoms with E-state index in [0.717, 1.165) is 42.7 Å². The zero-order chi connectivity index (χ0) is 19.5. The predicted molar refractivity (Wildman–Crippen MR) is 107 cm³/mol. The van der Waals surface area contributed by atoms with Crippen LogP contribution in [-0.4, -0.2) is 51.3 Å². The number of benzene rings is 1. The first-order valence-corrected chi connectivity index (χ1v) is 9.65. The molecule has 7 heteroatoms. The molecule has 0 heterocycles. The lowest BCUT2D eigenvalue weighted by atomic mass is 10.1. The van der Waals surface area contributed by atoms with Gasteiger partial charge in [-0.15, -0.1) is 0 Å². The topological polar surface area (TPSA) is 84.0 Å². The van der Waals surface area contributed by atoms with Gasteiger partial charge >= 0.3 is 0 Å². The molecule has 1 aromatic rings. The van der Waals surface area contributed by atoms with E-state index in [4.69, 9.17) is 9.47 Å². The van der Waals surface area contributed by atoms with Crippen LogP contribution in [0, 0.1) is 6.92 Å². The predicted octanol–water partition coefficient (Wildman–Crippen LogP) is 1.74. The zero-order valence-electron chi connectivity index (χ0n) is 16.6. The van der Waals surface area contributed by atoms with Crippen molar-refractivity contribution in [2.75, 3.05) is 33.4 Å². The summed E-state index contributed by atoms with van der Waals surface area (Å²) in [6.07, 6.45) is 3.01. The molecule has 2 rings (SSSR count).